The molecular formula is C12H17FN2O2. The van der Waals surface area contributed by atoms with E-state index in [-0.39, 0.29) is 18.0 Å². The van der Waals surface area contributed by atoms with Gasteiger partial charge in [-0.15, -0.1) is 0 Å². The Bertz CT molecular complexity index is 356. The largest absolute Gasteiger partial charge is 0.376 e. The van der Waals surface area contributed by atoms with Gasteiger partial charge in [0.2, 0.25) is 0 Å². The van der Waals surface area contributed by atoms with Crippen molar-refractivity contribution < 1.29 is 13.9 Å². The monoisotopic (exact) mass is 240 g/mol. The van der Waals surface area contributed by atoms with Gasteiger partial charge in [0, 0.05) is 0 Å². The van der Waals surface area contributed by atoms with Crippen LogP contribution in [-0.2, 0) is 15.9 Å². The van der Waals surface area contributed by atoms with Gasteiger partial charge in [0.25, 0.3) is 0 Å². The molecule has 1 fully saturated rings. The van der Waals surface area contributed by atoms with Crippen LogP contribution in [0.4, 0.5) is 4.39 Å². The van der Waals surface area contributed by atoms with E-state index in [0.717, 1.165) is 5.56 Å². The molecule has 1 saturated heterocycles. The number of hydrogen-bond donors (Lipinski definition) is 2. The van der Waals surface area contributed by atoms with E-state index < -0.39 is 0 Å². The molecular weight excluding hydrogens is 223 g/mol. The summed E-state index contributed by atoms with van der Waals surface area (Å²) < 4.78 is 24.0. The lowest BCUT2D eigenvalue weighted by molar-refractivity contribution is -0.101. The first-order valence-corrected chi connectivity index (χ1v) is 5.69. The van der Waals surface area contributed by atoms with Gasteiger partial charge in [-0.25, -0.2) is 4.39 Å². The second-order valence-corrected chi connectivity index (χ2v) is 4.09. The summed E-state index contributed by atoms with van der Waals surface area (Å²) in [5, 5.41) is 0. The third-order valence-electron chi connectivity index (χ3n) is 2.85. The quantitative estimate of drug-likeness (QED) is 0.598. The normalized spacial score (nSPS) is 22.4. The number of hydrogen-bond acceptors (Lipinski definition) is 4. The van der Waals surface area contributed by atoms with Crippen LogP contribution in [0.25, 0.3) is 0 Å². The number of nitrogens with two attached hydrogens (primary N) is 1. The second-order valence-electron chi connectivity index (χ2n) is 4.09. The van der Waals surface area contributed by atoms with Gasteiger partial charge in [-0.3, -0.25) is 11.3 Å². The molecule has 0 aliphatic carbocycles. The van der Waals surface area contributed by atoms with Crippen molar-refractivity contribution in [2.75, 3.05) is 19.8 Å². The molecule has 2 unspecified atom stereocenters. The third-order valence-corrected chi connectivity index (χ3v) is 2.85. The molecule has 0 radical (unpaired) electrons. The van der Waals surface area contributed by atoms with Gasteiger partial charge in [0.15, 0.2) is 0 Å². The average molecular weight is 240 g/mol. The minimum Gasteiger partial charge on any atom is -0.376 e. The highest BCUT2D eigenvalue weighted by atomic mass is 19.1. The number of halogens is 1. The first-order chi connectivity index (χ1) is 8.29. The van der Waals surface area contributed by atoms with Crippen LogP contribution in [0.1, 0.15) is 5.56 Å². The number of benzene rings is 1. The lowest BCUT2D eigenvalue weighted by atomic mass is 10.0. The van der Waals surface area contributed by atoms with E-state index in [4.69, 9.17) is 15.3 Å². The van der Waals surface area contributed by atoms with Crippen molar-refractivity contribution >= 4 is 0 Å². The molecule has 1 heterocycles. The molecule has 94 valence electrons. The summed E-state index contributed by atoms with van der Waals surface area (Å²) >= 11 is 0. The maximum atomic E-state index is 13.1. The smallest absolute Gasteiger partial charge is 0.123 e. The van der Waals surface area contributed by atoms with E-state index in [0.29, 0.717) is 26.2 Å². The van der Waals surface area contributed by atoms with Crippen LogP contribution in [-0.4, -0.2) is 32.0 Å². The van der Waals surface area contributed by atoms with Gasteiger partial charge >= 0.3 is 0 Å². The van der Waals surface area contributed by atoms with Crippen LogP contribution >= 0.6 is 0 Å². The highest BCUT2D eigenvalue weighted by molar-refractivity contribution is 5.17. The molecule has 1 aromatic rings. The molecule has 5 heteroatoms. The van der Waals surface area contributed by atoms with E-state index >= 15 is 0 Å². The lowest BCUT2D eigenvalue weighted by Crippen LogP contribution is -2.50. The Labute approximate surface area is 99.9 Å². The maximum absolute atomic E-state index is 13.1. The van der Waals surface area contributed by atoms with Crippen molar-refractivity contribution in [3.8, 4) is 0 Å². The Balaban J connectivity index is 1.98. The molecule has 0 spiro atoms. The predicted octanol–water partition coefficient (Wildman–Crippen LogP) is 0.615. The summed E-state index contributed by atoms with van der Waals surface area (Å²) in [5.74, 6) is 5.27. The predicted molar refractivity (Wildman–Crippen MR) is 61.8 cm³/mol. The van der Waals surface area contributed by atoms with Crippen molar-refractivity contribution in [1.29, 1.82) is 0 Å². The van der Waals surface area contributed by atoms with Crippen molar-refractivity contribution in [2.24, 2.45) is 5.84 Å². The Hall–Kier alpha value is -1.01. The molecule has 1 aromatic carbocycles. The molecule has 1 aliphatic rings. The lowest BCUT2D eigenvalue weighted by Gasteiger charge is -2.30. The van der Waals surface area contributed by atoms with Crippen LogP contribution in [0.5, 0.6) is 0 Å². The Morgan fingerprint density at radius 1 is 1.47 bits per heavy atom. The highest BCUT2D eigenvalue weighted by Crippen LogP contribution is 2.12. The number of ether oxygens (including phenoxy) is 2. The van der Waals surface area contributed by atoms with E-state index in [9.17, 15) is 4.39 Å². The molecule has 2 atom stereocenters. The van der Waals surface area contributed by atoms with Crippen molar-refractivity contribution in [3.63, 3.8) is 0 Å². The van der Waals surface area contributed by atoms with Gasteiger partial charge in [-0.1, -0.05) is 12.1 Å². The first kappa shape index (κ1) is 12.4. The average Bonchev–Trinajstić information content (AvgIpc) is 2.37. The fraction of sp³-hybridized carbons (Fsp3) is 0.500. The summed E-state index contributed by atoms with van der Waals surface area (Å²) in [6.07, 6.45) is 0.527. The van der Waals surface area contributed by atoms with Crippen LogP contribution < -0.4 is 11.3 Å². The van der Waals surface area contributed by atoms with Crippen molar-refractivity contribution in [3.05, 3.63) is 35.6 Å². The van der Waals surface area contributed by atoms with Gasteiger partial charge < -0.3 is 9.47 Å². The van der Waals surface area contributed by atoms with E-state index in [1.807, 2.05) is 6.07 Å². The minimum absolute atomic E-state index is 0.0721. The zero-order chi connectivity index (χ0) is 12.1. The van der Waals surface area contributed by atoms with Gasteiger partial charge in [-0.2, -0.15) is 0 Å². The zero-order valence-electron chi connectivity index (χ0n) is 9.56. The fourth-order valence-corrected chi connectivity index (χ4v) is 1.95. The van der Waals surface area contributed by atoms with Gasteiger partial charge in [0.1, 0.15) is 5.82 Å². The van der Waals surface area contributed by atoms with Crippen molar-refractivity contribution in [1.82, 2.24) is 5.43 Å². The second kappa shape index (κ2) is 6.07. The Kier molecular flexibility index (Phi) is 4.44. The molecule has 17 heavy (non-hydrogen) atoms. The molecule has 1 aliphatic heterocycles. The molecule has 0 saturated carbocycles. The van der Waals surface area contributed by atoms with Crippen molar-refractivity contribution in [2.45, 2.75) is 18.6 Å². The van der Waals surface area contributed by atoms with Gasteiger partial charge in [-0.05, 0) is 24.1 Å². The number of rotatable bonds is 4. The summed E-state index contributed by atoms with van der Waals surface area (Å²) in [6.45, 7) is 1.71. The number of nitrogens with one attached hydrogen (secondary N) is 1. The highest BCUT2D eigenvalue weighted by Gasteiger charge is 2.24. The number of hydrazine groups is 1. The summed E-state index contributed by atoms with van der Waals surface area (Å²) in [5.41, 5.74) is 3.60. The Morgan fingerprint density at radius 2 is 2.35 bits per heavy atom. The summed E-state index contributed by atoms with van der Waals surface area (Å²) in [6, 6.07) is 6.42. The standard InChI is InChI=1S/C12H17FN2O2/c13-10-3-1-2-9(6-10)7-11(15-14)12-8-16-4-5-17-12/h1-3,6,11-12,15H,4-5,7-8,14H2. The SMILES string of the molecule is NNC(Cc1cccc(F)c1)C1COCCO1. The first-order valence-electron chi connectivity index (χ1n) is 5.69. The molecule has 0 amide bonds. The van der Waals surface area contributed by atoms with Crippen LogP contribution in [0.15, 0.2) is 24.3 Å². The van der Waals surface area contributed by atoms with E-state index in [1.54, 1.807) is 6.07 Å². The van der Waals surface area contributed by atoms with Crippen LogP contribution in [0.2, 0.25) is 0 Å². The fourth-order valence-electron chi connectivity index (χ4n) is 1.95. The van der Waals surface area contributed by atoms with Crippen LogP contribution in [0.3, 0.4) is 0 Å². The summed E-state index contributed by atoms with van der Waals surface area (Å²) in [4.78, 5) is 0. The van der Waals surface area contributed by atoms with E-state index in [2.05, 4.69) is 5.43 Å². The van der Waals surface area contributed by atoms with Gasteiger partial charge in [0.05, 0.1) is 32.0 Å². The van der Waals surface area contributed by atoms with Crippen LogP contribution in [0, 0.1) is 5.82 Å². The minimum atomic E-state index is -0.237. The molecule has 0 bridgehead atoms. The topological polar surface area (TPSA) is 56.5 Å². The Morgan fingerprint density at radius 3 is 3.00 bits per heavy atom. The molecule has 3 N–H and O–H groups in total. The summed E-state index contributed by atoms with van der Waals surface area (Å²) in [7, 11) is 0. The van der Waals surface area contributed by atoms with E-state index in [1.165, 1.54) is 12.1 Å². The maximum Gasteiger partial charge on any atom is 0.123 e. The molecule has 0 aromatic heterocycles. The molecule has 4 nitrogen and oxygen atoms in total. The third kappa shape index (κ3) is 3.47. The zero-order valence-corrected chi connectivity index (χ0v) is 9.56. The molecule has 2 rings (SSSR count).